The number of rotatable bonds is 3. The fourth-order valence-corrected chi connectivity index (χ4v) is 1.67. The van der Waals surface area contributed by atoms with Crippen LogP contribution in [0.1, 0.15) is 20.3 Å². The van der Waals surface area contributed by atoms with Gasteiger partial charge in [0.25, 0.3) is 0 Å². The Bertz CT molecular complexity index is 114. The molecule has 1 aliphatic heterocycles. The predicted molar refractivity (Wildman–Crippen MR) is 46.7 cm³/mol. The minimum atomic E-state index is 0.494. The van der Waals surface area contributed by atoms with Crippen LogP contribution in [0.15, 0.2) is 0 Å². The van der Waals surface area contributed by atoms with Crippen molar-refractivity contribution in [3.8, 4) is 0 Å². The highest BCUT2D eigenvalue weighted by atomic mass is 16.5. The van der Waals surface area contributed by atoms with Gasteiger partial charge in [-0.15, -0.1) is 0 Å². The molecule has 0 radical (unpaired) electrons. The molecule has 0 bridgehead atoms. The summed E-state index contributed by atoms with van der Waals surface area (Å²) < 4.78 is 5.28. The van der Waals surface area contributed by atoms with Crippen molar-refractivity contribution >= 4 is 0 Å². The van der Waals surface area contributed by atoms with Gasteiger partial charge in [-0.05, 0) is 12.3 Å². The van der Waals surface area contributed by atoms with Gasteiger partial charge in [0.05, 0.1) is 6.10 Å². The van der Waals surface area contributed by atoms with E-state index < -0.39 is 0 Å². The van der Waals surface area contributed by atoms with Crippen LogP contribution in [0.25, 0.3) is 0 Å². The Kier molecular flexibility index (Phi) is 3.34. The summed E-state index contributed by atoms with van der Waals surface area (Å²) in [6.07, 6.45) is 1.71. The van der Waals surface area contributed by atoms with Crippen LogP contribution >= 0.6 is 0 Å². The summed E-state index contributed by atoms with van der Waals surface area (Å²) in [7, 11) is 1.81. The third-order valence-electron chi connectivity index (χ3n) is 2.19. The first-order chi connectivity index (χ1) is 5.22. The van der Waals surface area contributed by atoms with E-state index >= 15 is 0 Å². The lowest BCUT2D eigenvalue weighted by Gasteiger charge is -2.17. The summed E-state index contributed by atoms with van der Waals surface area (Å²) in [4.78, 5) is 2.48. The van der Waals surface area contributed by atoms with Gasteiger partial charge >= 0.3 is 0 Å². The van der Waals surface area contributed by atoms with E-state index in [9.17, 15) is 0 Å². The molecule has 1 heterocycles. The lowest BCUT2D eigenvalue weighted by Crippen LogP contribution is -2.26. The zero-order chi connectivity index (χ0) is 8.27. The molecule has 0 unspecified atom stereocenters. The van der Waals surface area contributed by atoms with Gasteiger partial charge in [-0.25, -0.2) is 0 Å². The van der Waals surface area contributed by atoms with E-state index in [2.05, 4.69) is 18.7 Å². The number of methoxy groups -OCH3 is 1. The standard InChI is InChI=1S/C9H19NO/c1-8(2)6-10-5-4-9(7-10)11-3/h8-9H,4-7H2,1-3H3/t9-/m0/s1. The van der Waals surface area contributed by atoms with E-state index in [1.165, 1.54) is 19.5 Å². The van der Waals surface area contributed by atoms with E-state index in [1.54, 1.807) is 0 Å². The average Bonchev–Trinajstić information content (AvgIpc) is 2.34. The summed E-state index contributed by atoms with van der Waals surface area (Å²) in [6, 6.07) is 0. The molecule has 1 rings (SSSR count). The van der Waals surface area contributed by atoms with Crippen LogP contribution in [0.4, 0.5) is 0 Å². The maximum Gasteiger partial charge on any atom is 0.0710 e. The van der Waals surface area contributed by atoms with Crippen LogP contribution in [0.5, 0.6) is 0 Å². The normalized spacial score (nSPS) is 26.7. The van der Waals surface area contributed by atoms with Gasteiger partial charge in [-0.3, -0.25) is 0 Å². The Labute approximate surface area is 69.5 Å². The second kappa shape index (κ2) is 4.07. The summed E-state index contributed by atoms with van der Waals surface area (Å²) in [5.74, 6) is 0.783. The van der Waals surface area contributed by atoms with Crippen molar-refractivity contribution in [2.24, 2.45) is 5.92 Å². The van der Waals surface area contributed by atoms with Crippen molar-refractivity contribution in [3.63, 3.8) is 0 Å². The first-order valence-corrected chi connectivity index (χ1v) is 4.47. The number of likely N-dealkylation sites (tertiary alicyclic amines) is 1. The largest absolute Gasteiger partial charge is 0.380 e. The molecule has 1 aliphatic rings. The molecule has 2 nitrogen and oxygen atoms in total. The Hall–Kier alpha value is -0.0800. The second-order valence-corrected chi connectivity index (χ2v) is 3.80. The van der Waals surface area contributed by atoms with E-state index in [-0.39, 0.29) is 0 Å². The van der Waals surface area contributed by atoms with Crippen molar-refractivity contribution in [2.75, 3.05) is 26.7 Å². The number of hydrogen-bond acceptors (Lipinski definition) is 2. The molecule has 0 aromatic rings. The Morgan fingerprint density at radius 2 is 2.27 bits per heavy atom. The Morgan fingerprint density at radius 1 is 1.55 bits per heavy atom. The van der Waals surface area contributed by atoms with Gasteiger partial charge < -0.3 is 9.64 Å². The molecule has 0 saturated carbocycles. The third kappa shape index (κ3) is 2.80. The zero-order valence-electron chi connectivity index (χ0n) is 7.84. The van der Waals surface area contributed by atoms with Gasteiger partial charge in [0, 0.05) is 26.7 Å². The van der Waals surface area contributed by atoms with Crippen molar-refractivity contribution in [1.29, 1.82) is 0 Å². The van der Waals surface area contributed by atoms with Gasteiger partial charge in [0.1, 0.15) is 0 Å². The van der Waals surface area contributed by atoms with Crippen LogP contribution in [0.3, 0.4) is 0 Å². The number of nitrogens with zero attached hydrogens (tertiary/aromatic N) is 1. The highest BCUT2D eigenvalue weighted by Gasteiger charge is 2.21. The van der Waals surface area contributed by atoms with Gasteiger partial charge in [0.2, 0.25) is 0 Å². The number of hydrogen-bond donors (Lipinski definition) is 0. The summed E-state index contributed by atoms with van der Waals surface area (Å²) in [6.45, 7) is 8.10. The molecule has 1 atom stereocenters. The lowest BCUT2D eigenvalue weighted by molar-refractivity contribution is 0.106. The quantitative estimate of drug-likeness (QED) is 0.613. The molecule has 0 amide bonds. The van der Waals surface area contributed by atoms with Crippen LogP contribution in [0, 0.1) is 5.92 Å². The molecular weight excluding hydrogens is 138 g/mol. The summed E-state index contributed by atoms with van der Waals surface area (Å²) in [5.41, 5.74) is 0. The highest BCUT2D eigenvalue weighted by molar-refractivity contribution is 4.75. The summed E-state index contributed by atoms with van der Waals surface area (Å²) in [5, 5.41) is 0. The summed E-state index contributed by atoms with van der Waals surface area (Å²) >= 11 is 0. The SMILES string of the molecule is CO[C@H]1CCN(CC(C)C)C1. The lowest BCUT2D eigenvalue weighted by atomic mass is 10.2. The second-order valence-electron chi connectivity index (χ2n) is 3.80. The Balaban J connectivity index is 2.19. The van der Waals surface area contributed by atoms with Crippen molar-refractivity contribution in [1.82, 2.24) is 4.90 Å². The van der Waals surface area contributed by atoms with E-state index in [4.69, 9.17) is 4.74 Å². The van der Waals surface area contributed by atoms with E-state index in [1.807, 2.05) is 7.11 Å². The molecule has 1 fully saturated rings. The molecule has 0 N–H and O–H groups in total. The Morgan fingerprint density at radius 3 is 2.73 bits per heavy atom. The first kappa shape index (κ1) is 9.01. The molecule has 0 spiro atoms. The maximum atomic E-state index is 5.28. The van der Waals surface area contributed by atoms with Gasteiger partial charge in [-0.1, -0.05) is 13.8 Å². The molecule has 1 saturated heterocycles. The van der Waals surface area contributed by atoms with E-state index in [0.717, 1.165) is 12.5 Å². The van der Waals surface area contributed by atoms with Crippen LogP contribution < -0.4 is 0 Å². The molecule has 66 valence electrons. The molecule has 11 heavy (non-hydrogen) atoms. The maximum absolute atomic E-state index is 5.28. The van der Waals surface area contributed by atoms with Crippen LogP contribution in [-0.2, 0) is 4.74 Å². The monoisotopic (exact) mass is 157 g/mol. The molecule has 0 aliphatic carbocycles. The van der Waals surface area contributed by atoms with E-state index in [0.29, 0.717) is 6.10 Å². The molecular formula is C9H19NO. The molecule has 2 heteroatoms. The van der Waals surface area contributed by atoms with Gasteiger partial charge in [0.15, 0.2) is 0 Å². The fourth-order valence-electron chi connectivity index (χ4n) is 1.67. The fraction of sp³-hybridized carbons (Fsp3) is 1.00. The topological polar surface area (TPSA) is 12.5 Å². The molecule has 0 aromatic heterocycles. The zero-order valence-corrected chi connectivity index (χ0v) is 7.84. The van der Waals surface area contributed by atoms with Gasteiger partial charge in [-0.2, -0.15) is 0 Å². The highest BCUT2D eigenvalue weighted by Crippen LogP contribution is 2.12. The first-order valence-electron chi connectivity index (χ1n) is 4.47. The molecule has 0 aromatic carbocycles. The van der Waals surface area contributed by atoms with Crippen LogP contribution in [0.2, 0.25) is 0 Å². The minimum absolute atomic E-state index is 0.494. The van der Waals surface area contributed by atoms with Crippen molar-refractivity contribution in [2.45, 2.75) is 26.4 Å². The van der Waals surface area contributed by atoms with Crippen molar-refractivity contribution in [3.05, 3.63) is 0 Å². The average molecular weight is 157 g/mol. The smallest absolute Gasteiger partial charge is 0.0710 e. The predicted octanol–water partition coefficient (Wildman–Crippen LogP) is 1.36. The van der Waals surface area contributed by atoms with Crippen LogP contribution in [-0.4, -0.2) is 37.7 Å². The minimum Gasteiger partial charge on any atom is -0.380 e. The third-order valence-corrected chi connectivity index (χ3v) is 2.19. The van der Waals surface area contributed by atoms with Crippen molar-refractivity contribution < 1.29 is 4.74 Å². The number of ether oxygens (including phenoxy) is 1.